The first kappa shape index (κ1) is 14.5. The Bertz CT molecular complexity index is 147. The fourth-order valence-corrected chi connectivity index (χ4v) is 1.60. The number of hydrogen-bond donors (Lipinski definition) is 0. The van der Waals surface area contributed by atoms with Gasteiger partial charge in [-0.05, 0) is 18.3 Å². The molecule has 0 bridgehead atoms. The van der Waals surface area contributed by atoms with E-state index in [4.69, 9.17) is 0 Å². The quantitative estimate of drug-likeness (QED) is 0.429. The molecule has 0 atom stereocenters. The number of hydrogen-bond acceptors (Lipinski definition) is 2. The second kappa shape index (κ2) is 8.75. The minimum atomic E-state index is 0.484. The van der Waals surface area contributed by atoms with Crippen molar-refractivity contribution in [1.82, 2.24) is 0 Å². The summed E-state index contributed by atoms with van der Waals surface area (Å²) in [6, 6.07) is 0. The molecule has 0 saturated carbocycles. The van der Waals surface area contributed by atoms with Gasteiger partial charge in [0.2, 0.25) is 0 Å². The lowest BCUT2D eigenvalue weighted by molar-refractivity contribution is -0.128. The van der Waals surface area contributed by atoms with Crippen LogP contribution in [-0.2, 0) is 9.53 Å². The van der Waals surface area contributed by atoms with E-state index in [1.807, 2.05) is 0 Å². The summed E-state index contributed by atoms with van der Waals surface area (Å²) in [7, 11) is 0. The zero-order valence-electron chi connectivity index (χ0n) is 10.6. The van der Waals surface area contributed by atoms with Crippen LogP contribution in [0.25, 0.3) is 0 Å². The molecule has 0 rings (SSSR count). The smallest absolute Gasteiger partial charge is 0.293 e. The van der Waals surface area contributed by atoms with Gasteiger partial charge in [-0.1, -0.05) is 52.9 Å². The summed E-state index contributed by atoms with van der Waals surface area (Å²) in [4.78, 5) is 9.85. The maximum Gasteiger partial charge on any atom is 0.293 e. The fourth-order valence-electron chi connectivity index (χ4n) is 1.60. The molecule has 2 nitrogen and oxygen atoms in total. The molecule has 0 aliphatic heterocycles. The zero-order chi connectivity index (χ0) is 11.6. The molecule has 90 valence electrons. The Balaban J connectivity index is 3.02. The van der Waals surface area contributed by atoms with Gasteiger partial charge >= 0.3 is 0 Å². The Morgan fingerprint density at radius 1 is 0.933 bits per heavy atom. The van der Waals surface area contributed by atoms with E-state index in [1.165, 1.54) is 38.5 Å². The highest BCUT2D eigenvalue weighted by Crippen LogP contribution is 2.22. The number of ether oxygens (including phenoxy) is 1. The maximum atomic E-state index is 9.85. The van der Waals surface area contributed by atoms with Crippen molar-refractivity contribution in [3.8, 4) is 0 Å². The fraction of sp³-hybridized carbons (Fsp3) is 0.923. The van der Waals surface area contributed by atoms with Crippen LogP contribution in [0.5, 0.6) is 0 Å². The average molecular weight is 214 g/mol. The highest BCUT2D eigenvalue weighted by atomic mass is 16.5. The van der Waals surface area contributed by atoms with Gasteiger partial charge < -0.3 is 4.74 Å². The Kier molecular flexibility index (Phi) is 8.44. The van der Waals surface area contributed by atoms with E-state index >= 15 is 0 Å². The van der Waals surface area contributed by atoms with Crippen LogP contribution >= 0.6 is 0 Å². The van der Waals surface area contributed by atoms with Crippen molar-refractivity contribution in [3.63, 3.8) is 0 Å². The van der Waals surface area contributed by atoms with Gasteiger partial charge in [-0.25, -0.2) is 0 Å². The van der Waals surface area contributed by atoms with Crippen LogP contribution in [-0.4, -0.2) is 13.1 Å². The molecule has 0 saturated heterocycles. The second-order valence-electron chi connectivity index (χ2n) is 5.40. The molecule has 0 aliphatic carbocycles. The van der Waals surface area contributed by atoms with Crippen molar-refractivity contribution in [3.05, 3.63) is 0 Å². The highest BCUT2D eigenvalue weighted by molar-refractivity contribution is 5.36. The van der Waals surface area contributed by atoms with E-state index in [2.05, 4.69) is 25.5 Å². The van der Waals surface area contributed by atoms with E-state index < -0.39 is 0 Å². The Hall–Kier alpha value is -0.530. The predicted octanol–water partition coefficient (Wildman–Crippen LogP) is 3.94. The van der Waals surface area contributed by atoms with Gasteiger partial charge in [0.15, 0.2) is 0 Å². The van der Waals surface area contributed by atoms with Gasteiger partial charge in [0.05, 0.1) is 6.61 Å². The molecule has 0 unspecified atom stereocenters. The third-order valence-electron chi connectivity index (χ3n) is 2.51. The predicted molar refractivity (Wildman–Crippen MR) is 63.8 cm³/mol. The summed E-state index contributed by atoms with van der Waals surface area (Å²) in [6.07, 6.45) is 8.78. The molecule has 0 aromatic rings. The molecule has 0 N–H and O–H groups in total. The number of rotatable bonds is 9. The third kappa shape index (κ3) is 13.5. The normalized spacial score (nSPS) is 11.4. The van der Waals surface area contributed by atoms with Crippen molar-refractivity contribution in [1.29, 1.82) is 0 Å². The first-order valence-electron chi connectivity index (χ1n) is 6.11. The lowest BCUT2D eigenvalue weighted by atomic mass is 9.89. The highest BCUT2D eigenvalue weighted by Gasteiger charge is 2.08. The van der Waals surface area contributed by atoms with E-state index in [0.717, 1.165) is 6.42 Å². The van der Waals surface area contributed by atoms with Gasteiger partial charge in [0, 0.05) is 0 Å². The molecule has 15 heavy (non-hydrogen) atoms. The number of carbonyl (C=O) groups excluding carboxylic acids is 1. The second-order valence-corrected chi connectivity index (χ2v) is 5.40. The summed E-state index contributed by atoms with van der Waals surface area (Å²) in [6.45, 7) is 8.01. The molecule has 0 aliphatic rings. The summed E-state index contributed by atoms with van der Waals surface area (Å²) in [5.74, 6) is 0. The molecular weight excluding hydrogens is 188 g/mol. The van der Waals surface area contributed by atoms with E-state index in [0.29, 0.717) is 18.5 Å². The zero-order valence-corrected chi connectivity index (χ0v) is 10.6. The lowest BCUT2D eigenvalue weighted by Gasteiger charge is -2.17. The van der Waals surface area contributed by atoms with Crippen molar-refractivity contribution >= 4 is 6.47 Å². The molecule has 0 amide bonds. The molecule has 0 fully saturated rings. The standard InChI is InChI=1S/C13H26O2/c1-13(2,3)10-8-6-4-5-7-9-11-15-12-14/h12H,4-11H2,1-3H3. The maximum absolute atomic E-state index is 9.85. The third-order valence-corrected chi connectivity index (χ3v) is 2.51. The molecule has 2 heteroatoms. The van der Waals surface area contributed by atoms with Crippen LogP contribution in [0.3, 0.4) is 0 Å². The lowest BCUT2D eigenvalue weighted by Crippen LogP contribution is -2.03. The largest absolute Gasteiger partial charge is 0.468 e. The first-order chi connectivity index (χ1) is 7.06. The van der Waals surface area contributed by atoms with Crippen molar-refractivity contribution < 1.29 is 9.53 Å². The number of unbranched alkanes of at least 4 members (excludes halogenated alkanes) is 5. The molecular formula is C13H26O2. The van der Waals surface area contributed by atoms with Crippen LogP contribution < -0.4 is 0 Å². The van der Waals surface area contributed by atoms with Gasteiger partial charge in [0.1, 0.15) is 0 Å². The van der Waals surface area contributed by atoms with Crippen molar-refractivity contribution in [2.45, 2.75) is 65.7 Å². The monoisotopic (exact) mass is 214 g/mol. The Labute approximate surface area is 94.4 Å². The van der Waals surface area contributed by atoms with Gasteiger partial charge in [0.25, 0.3) is 6.47 Å². The average Bonchev–Trinajstić information content (AvgIpc) is 2.14. The minimum absolute atomic E-state index is 0.484. The topological polar surface area (TPSA) is 26.3 Å². The van der Waals surface area contributed by atoms with Crippen LogP contribution in [0.15, 0.2) is 0 Å². The minimum Gasteiger partial charge on any atom is -0.468 e. The van der Waals surface area contributed by atoms with Crippen molar-refractivity contribution in [2.75, 3.05) is 6.61 Å². The molecule has 0 aromatic heterocycles. The molecule has 0 heterocycles. The van der Waals surface area contributed by atoms with Crippen molar-refractivity contribution in [2.24, 2.45) is 5.41 Å². The molecule has 0 radical (unpaired) electrons. The number of carbonyl (C=O) groups is 1. The molecule has 0 aromatic carbocycles. The van der Waals surface area contributed by atoms with E-state index in [1.54, 1.807) is 0 Å². The summed E-state index contributed by atoms with van der Waals surface area (Å²) < 4.78 is 4.63. The molecule has 0 spiro atoms. The van der Waals surface area contributed by atoms with Gasteiger partial charge in [-0.15, -0.1) is 0 Å². The summed E-state index contributed by atoms with van der Waals surface area (Å²) >= 11 is 0. The van der Waals surface area contributed by atoms with Gasteiger partial charge in [-0.3, -0.25) is 4.79 Å². The summed E-state index contributed by atoms with van der Waals surface area (Å²) in [5.41, 5.74) is 0.484. The SMILES string of the molecule is CC(C)(C)CCCCCCCCOC=O. The van der Waals surface area contributed by atoms with Crippen LogP contribution in [0.2, 0.25) is 0 Å². The van der Waals surface area contributed by atoms with Crippen LogP contribution in [0.4, 0.5) is 0 Å². The van der Waals surface area contributed by atoms with E-state index in [-0.39, 0.29) is 0 Å². The van der Waals surface area contributed by atoms with E-state index in [9.17, 15) is 4.79 Å². The van der Waals surface area contributed by atoms with Crippen LogP contribution in [0, 0.1) is 5.41 Å². The Morgan fingerprint density at radius 2 is 1.47 bits per heavy atom. The van der Waals surface area contributed by atoms with Gasteiger partial charge in [-0.2, -0.15) is 0 Å². The first-order valence-corrected chi connectivity index (χ1v) is 6.11. The Morgan fingerprint density at radius 3 is 2.00 bits per heavy atom. The summed E-state index contributed by atoms with van der Waals surface area (Å²) in [5, 5.41) is 0. The van der Waals surface area contributed by atoms with Crippen LogP contribution in [0.1, 0.15) is 65.7 Å².